The topological polar surface area (TPSA) is 32.3 Å². The summed E-state index contributed by atoms with van der Waals surface area (Å²) in [6, 6.07) is 7.65. The Morgan fingerprint density at radius 2 is 1.69 bits per heavy atom. The first-order chi connectivity index (χ1) is 7.31. The van der Waals surface area contributed by atoms with E-state index in [-0.39, 0.29) is 12.1 Å². The van der Waals surface area contributed by atoms with E-state index in [1.807, 2.05) is 0 Å². The average molecular weight is 229 g/mol. The summed E-state index contributed by atoms with van der Waals surface area (Å²) >= 11 is 0. The molecule has 0 aromatic heterocycles. The van der Waals surface area contributed by atoms with Crippen molar-refractivity contribution in [3.05, 3.63) is 35.9 Å². The van der Waals surface area contributed by atoms with Gasteiger partial charge in [0.1, 0.15) is 0 Å². The zero-order valence-electron chi connectivity index (χ0n) is 9.50. The lowest BCUT2D eigenvalue weighted by Gasteiger charge is -2.21. The van der Waals surface area contributed by atoms with Crippen LogP contribution in [0.4, 0.5) is 8.78 Å². The first-order valence-corrected chi connectivity index (χ1v) is 5.18. The van der Waals surface area contributed by atoms with Gasteiger partial charge in [-0.15, -0.1) is 0 Å². The van der Waals surface area contributed by atoms with Crippen molar-refractivity contribution in [2.24, 2.45) is 0 Å². The predicted octanol–water partition coefficient (Wildman–Crippen LogP) is 2.14. The zero-order chi connectivity index (χ0) is 12.2. The molecule has 0 radical (unpaired) electrons. The SMILES string of the molecule is CC(C)(O)CNCC(F)(F)c1ccccc1. The molecule has 0 unspecified atom stereocenters. The highest BCUT2D eigenvalue weighted by Crippen LogP contribution is 2.26. The van der Waals surface area contributed by atoms with Gasteiger partial charge in [-0.25, -0.2) is 0 Å². The maximum absolute atomic E-state index is 13.6. The number of alkyl halides is 2. The number of benzene rings is 1. The summed E-state index contributed by atoms with van der Waals surface area (Å²) < 4.78 is 27.2. The van der Waals surface area contributed by atoms with Gasteiger partial charge in [0.25, 0.3) is 5.92 Å². The molecule has 0 bridgehead atoms. The van der Waals surface area contributed by atoms with Crippen LogP contribution in [-0.2, 0) is 5.92 Å². The molecule has 0 fully saturated rings. The lowest BCUT2D eigenvalue weighted by Crippen LogP contribution is -2.40. The molecule has 0 spiro atoms. The van der Waals surface area contributed by atoms with Gasteiger partial charge in [0, 0.05) is 12.1 Å². The summed E-state index contributed by atoms with van der Waals surface area (Å²) in [5, 5.41) is 11.9. The summed E-state index contributed by atoms with van der Waals surface area (Å²) in [6.07, 6.45) is 0. The lowest BCUT2D eigenvalue weighted by atomic mass is 10.1. The largest absolute Gasteiger partial charge is 0.389 e. The first-order valence-electron chi connectivity index (χ1n) is 5.18. The minimum Gasteiger partial charge on any atom is -0.389 e. The smallest absolute Gasteiger partial charge is 0.285 e. The highest BCUT2D eigenvalue weighted by molar-refractivity contribution is 5.20. The molecule has 4 heteroatoms. The Morgan fingerprint density at radius 3 is 2.19 bits per heavy atom. The van der Waals surface area contributed by atoms with E-state index < -0.39 is 18.1 Å². The minimum absolute atomic E-state index is 0.0155. The fraction of sp³-hybridized carbons (Fsp3) is 0.500. The second kappa shape index (κ2) is 4.89. The van der Waals surface area contributed by atoms with Crippen molar-refractivity contribution in [3.63, 3.8) is 0 Å². The Kier molecular flexibility index (Phi) is 3.99. The second-order valence-corrected chi connectivity index (χ2v) is 4.49. The molecule has 0 saturated heterocycles. The van der Waals surface area contributed by atoms with Crippen LogP contribution in [-0.4, -0.2) is 23.8 Å². The number of hydrogen-bond donors (Lipinski definition) is 2. The number of nitrogens with one attached hydrogen (secondary N) is 1. The standard InChI is InChI=1S/C12H17F2NO/c1-11(2,16)8-15-9-12(13,14)10-6-4-3-5-7-10/h3-7,15-16H,8-9H2,1-2H3. The number of aliphatic hydroxyl groups is 1. The van der Waals surface area contributed by atoms with Crippen LogP contribution in [0, 0.1) is 0 Å². The third-order valence-corrected chi connectivity index (χ3v) is 2.10. The zero-order valence-corrected chi connectivity index (χ0v) is 9.50. The molecule has 0 saturated carbocycles. The minimum atomic E-state index is -2.91. The normalized spacial score (nSPS) is 12.8. The second-order valence-electron chi connectivity index (χ2n) is 4.49. The Balaban J connectivity index is 2.53. The van der Waals surface area contributed by atoms with E-state index in [0.29, 0.717) is 0 Å². The van der Waals surface area contributed by atoms with Gasteiger partial charge in [-0.2, -0.15) is 8.78 Å². The summed E-state index contributed by atoms with van der Waals surface area (Å²) in [7, 11) is 0. The molecule has 0 amide bonds. The lowest BCUT2D eigenvalue weighted by molar-refractivity contribution is -0.00988. The van der Waals surface area contributed by atoms with Gasteiger partial charge in [0.2, 0.25) is 0 Å². The van der Waals surface area contributed by atoms with Crippen LogP contribution < -0.4 is 5.32 Å². The molecule has 2 N–H and O–H groups in total. The molecule has 1 aromatic rings. The van der Waals surface area contributed by atoms with Gasteiger partial charge in [-0.3, -0.25) is 0 Å². The molecule has 0 aliphatic carbocycles. The summed E-state index contributed by atoms with van der Waals surface area (Å²) in [6.45, 7) is 2.80. The molecular formula is C12H17F2NO. The monoisotopic (exact) mass is 229 g/mol. The molecule has 0 atom stereocenters. The van der Waals surface area contributed by atoms with Gasteiger partial charge in [-0.05, 0) is 13.8 Å². The van der Waals surface area contributed by atoms with E-state index in [9.17, 15) is 13.9 Å². The summed E-state index contributed by atoms with van der Waals surface area (Å²) in [4.78, 5) is 0. The fourth-order valence-electron chi connectivity index (χ4n) is 1.31. The molecule has 1 aromatic carbocycles. The van der Waals surface area contributed by atoms with E-state index in [1.54, 1.807) is 32.0 Å². The molecule has 90 valence electrons. The first kappa shape index (κ1) is 13.1. The van der Waals surface area contributed by atoms with Gasteiger partial charge < -0.3 is 10.4 Å². The van der Waals surface area contributed by atoms with Crippen LogP contribution >= 0.6 is 0 Å². The highest BCUT2D eigenvalue weighted by atomic mass is 19.3. The maximum atomic E-state index is 13.6. The van der Waals surface area contributed by atoms with E-state index in [4.69, 9.17) is 0 Å². The molecule has 16 heavy (non-hydrogen) atoms. The van der Waals surface area contributed by atoms with E-state index in [0.717, 1.165) is 0 Å². The molecule has 2 nitrogen and oxygen atoms in total. The fourth-order valence-corrected chi connectivity index (χ4v) is 1.31. The third kappa shape index (κ3) is 4.24. The van der Waals surface area contributed by atoms with Crippen LogP contribution in [0.1, 0.15) is 19.4 Å². The van der Waals surface area contributed by atoms with E-state index in [1.165, 1.54) is 12.1 Å². The van der Waals surface area contributed by atoms with Gasteiger partial charge in [0.15, 0.2) is 0 Å². The van der Waals surface area contributed by atoms with Crippen LogP contribution in [0.15, 0.2) is 30.3 Å². The Hall–Kier alpha value is -1.00. The number of hydrogen-bond acceptors (Lipinski definition) is 2. The molecule has 0 aliphatic heterocycles. The number of halogens is 2. The van der Waals surface area contributed by atoms with E-state index >= 15 is 0 Å². The highest BCUT2D eigenvalue weighted by Gasteiger charge is 2.31. The molecule has 0 aliphatic rings. The van der Waals surface area contributed by atoms with Crippen molar-refractivity contribution in [2.75, 3.05) is 13.1 Å². The van der Waals surface area contributed by atoms with Crippen molar-refractivity contribution >= 4 is 0 Å². The van der Waals surface area contributed by atoms with Crippen LogP contribution in [0.5, 0.6) is 0 Å². The van der Waals surface area contributed by atoms with Crippen molar-refractivity contribution in [1.29, 1.82) is 0 Å². The third-order valence-electron chi connectivity index (χ3n) is 2.10. The van der Waals surface area contributed by atoms with Crippen LogP contribution in [0.2, 0.25) is 0 Å². The van der Waals surface area contributed by atoms with Crippen molar-refractivity contribution < 1.29 is 13.9 Å². The van der Waals surface area contributed by atoms with Crippen molar-refractivity contribution in [3.8, 4) is 0 Å². The quantitative estimate of drug-likeness (QED) is 0.810. The Morgan fingerprint density at radius 1 is 1.12 bits per heavy atom. The predicted molar refractivity (Wildman–Crippen MR) is 59.5 cm³/mol. The van der Waals surface area contributed by atoms with Gasteiger partial charge >= 0.3 is 0 Å². The average Bonchev–Trinajstić information content (AvgIpc) is 2.17. The summed E-state index contributed by atoms with van der Waals surface area (Å²) in [5.74, 6) is -2.91. The van der Waals surface area contributed by atoms with Crippen LogP contribution in [0.3, 0.4) is 0 Å². The maximum Gasteiger partial charge on any atom is 0.285 e. The van der Waals surface area contributed by atoms with Crippen LogP contribution in [0.25, 0.3) is 0 Å². The molecular weight excluding hydrogens is 212 g/mol. The van der Waals surface area contributed by atoms with Gasteiger partial charge in [-0.1, -0.05) is 30.3 Å². The van der Waals surface area contributed by atoms with Crippen molar-refractivity contribution in [2.45, 2.75) is 25.4 Å². The molecule has 1 rings (SSSR count). The van der Waals surface area contributed by atoms with E-state index in [2.05, 4.69) is 5.32 Å². The number of rotatable bonds is 5. The Labute approximate surface area is 94.3 Å². The van der Waals surface area contributed by atoms with Gasteiger partial charge in [0.05, 0.1) is 12.1 Å². The summed E-state index contributed by atoms with van der Waals surface area (Å²) in [5.41, 5.74) is -0.995. The Bertz CT molecular complexity index is 320. The molecule has 0 heterocycles. The van der Waals surface area contributed by atoms with Crippen molar-refractivity contribution in [1.82, 2.24) is 5.32 Å².